The first kappa shape index (κ1) is 17.2. The molecule has 1 aromatic carbocycles. The van der Waals surface area contributed by atoms with Crippen LogP contribution in [-0.4, -0.2) is 17.9 Å². The molecule has 0 unspecified atom stereocenters. The van der Waals surface area contributed by atoms with Gasteiger partial charge in [-0.2, -0.15) is 0 Å². The van der Waals surface area contributed by atoms with Gasteiger partial charge in [-0.1, -0.05) is 11.6 Å². The van der Waals surface area contributed by atoms with Gasteiger partial charge in [0.1, 0.15) is 5.75 Å². The second kappa shape index (κ2) is 7.59. The standard InChI is InChI=1S/C8H6Cl2O2.C4H12N2/c1-12-7-3-2-5(8(10)11)4-6(7)9;1-4(2,3)6-5/h2-4H,1H3;6H,5H2,1-3H3. The first-order chi connectivity index (χ1) is 8.21. The predicted octanol–water partition coefficient (Wildman–Crippen LogP) is 2.98. The highest BCUT2D eigenvalue weighted by Crippen LogP contribution is 2.25. The van der Waals surface area contributed by atoms with Crippen molar-refractivity contribution in [1.82, 2.24) is 5.43 Å². The van der Waals surface area contributed by atoms with E-state index in [0.717, 1.165) is 0 Å². The fourth-order valence-corrected chi connectivity index (χ4v) is 1.16. The molecular formula is C12H18Cl2N2O2. The van der Waals surface area contributed by atoms with E-state index in [1.54, 1.807) is 12.1 Å². The molecule has 0 heterocycles. The number of halogens is 2. The number of hydrogen-bond acceptors (Lipinski definition) is 4. The summed E-state index contributed by atoms with van der Waals surface area (Å²) in [7, 11) is 1.50. The summed E-state index contributed by atoms with van der Waals surface area (Å²) in [5, 5.41) is -0.149. The van der Waals surface area contributed by atoms with Crippen molar-refractivity contribution in [3.8, 4) is 5.75 Å². The smallest absolute Gasteiger partial charge is 0.252 e. The molecule has 0 spiro atoms. The zero-order valence-electron chi connectivity index (χ0n) is 10.9. The summed E-state index contributed by atoms with van der Waals surface area (Å²) in [5.41, 5.74) is 3.04. The van der Waals surface area contributed by atoms with Crippen LogP contribution < -0.4 is 16.0 Å². The van der Waals surface area contributed by atoms with Gasteiger partial charge in [-0.15, -0.1) is 0 Å². The van der Waals surface area contributed by atoms with E-state index in [1.807, 2.05) is 20.8 Å². The molecule has 18 heavy (non-hydrogen) atoms. The summed E-state index contributed by atoms with van der Waals surface area (Å²) in [5.74, 6) is 5.58. The second-order valence-electron chi connectivity index (χ2n) is 4.52. The Morgan fingerprint density at radius 1 is 1.39 bits per heavy atom. The average Bonchev–Trinajstić information content (AvgIpc) is 2.28. The number of rotatable bonds is 2. The van der Waals surface area contributed by atoms with Crippen molar-refractivity contribution >= 4 is 28.4 Å². The van der Waals surface area contributed by atoms with Crippen molar-refractivity contribution < 1.29 is 9.53 Å². The second-order valence-corrected chi connectivity index (χ2v) is 5.27. The van der Waals surface area contributed by atoms with E-state index in [9.17, 15) is 4.79 Å². The normalized spacial score (nSPS) is 10.4. The molecule has 1 aromatic rings. The molecule has 0 saturated heterocycles. The quantitative estimate of drug-likeness (QED) is 0.500. The number of nitrogens with one attached hydrogen (secondary N) is 1. The fourth-order valence-electron chi connectivity index (χ4n) is 0.789. The van der Waals surface area contributed by atoms with Crippen LogP contribution in [0, 0.1) is 0 Å². The molecule has 0 radical (unpaired) electrons. The molecular weight excluding hydrogens is 275 g/mol. The third kappa shape index (κ3) is 6.81. The maximum Gasteiger partial charge on any atom is 0.252 e. The van der Waals surface area contributed by atoms with Crippen LogP contribution in [0.4, 0.5) is 0 Å². The number of hydrogen-bond donors (Lipinski definition) is 2. The van der Waals surface area contributed by atoms with Gasteiger partial charge in [0.05, 0.1) is 12.1 Å². The molecule has 4 nitrogen and oxygen atoms in total. The van der Waals surface area contributed by atoms with Crippen molar-refractivity contribution in [2.45, 2.75) is 26.3 Å². The maximum absolute atomic E-state index is 10.7. The number of carbonyl (C=O) groups excluding carboxylic acids is 1. The maximum atomic E-state index is 10.7. The first-order valence-electron chi connectivity index (χ1n) is 5.22. The Kier molecular flexibility index (Phi) is 7.25. The van der Waals surface area contributed by atoms with E-state index in [1.165, 1.54) is 13.2 Å². The Hall–Kier alpha value is -0.810. The van der Waals surface area contributed by atoms with Gasteiger partial charge in [-0.25, -0.2) is 0 Å². The lowest BCUT2D eigenvalue weighted by Crippen LogP contribution is -2.41. The molecule has 0 fully saturated rings. The van der Waals surface area contributed by atoms with Crippen LogP contribution in [0.5, 0.6) is 5.75 Å². The van der Waals surface area contributed by atoms with Gasteiger partial charge >= 0.3 is 0 Å². The number of carbonyl (C=O) groups is 1. The van der Waals surface area contributed by atoms with Crippen LogP contribution in [0.2, 0.25) is 5.02 Å². The number of methoxy groups -OCH3 is 1. The lowest BCUT2D eigenvalue weighted by atomic mass is 10.1. The predicted molar refractivity (Wildman–Crippen MR) is 75.3 cm³/mol. The van der Waals surface area contributed by atoms with Crippen molar-refractivity contribution in [1.29, 1.82) is 0 Å². The van der Waals surface area contributed by atoms with Gasteiger partial charge in [0, 0.05) is 11.1 Å². The van der Waals surface area contributed by atoms with Crippen LogP contribution in [0.25, 0.3) is 0 Å². The highest BCUT2D eigenvalue weighted by atomic mass is 35.5. The monoisotopic (exact) mass is 292 g/mol. The van der Waals surface area contributed by atoms with Crippen molar-refractivity contribution in [3.05, 3.63) is 28.8 Å². The summed E-state index contributed by atoms with van der Waals surface area (Å²) in [6.07, 6.45) is 0. The molecule has 6 heteroatoms. The summed E-state index contributed by atoms with van der Waals surface area (Å²) < 4.78 is 4.89. The molecule has 0 aliphatic heterocycles. The highest BCUT2D eigenvalue weighted by molar-refractivity contribution is 6.67. The van der Waals surface area contributed by atoms with Crippen LogP contribution in [0.15, 0.2) is 18.2 Å². The van der Waals surface area contributed by atoms with Gasteiger partial charge < -0.3 is 4.74 Å². The van der Waals surface area contributed by atoms with E-state index >= 15 is 0 Å². The molecule has 0 aliphatic carbocycles. The Morgan fingerprint density at radius 2 is 1.89 bits per heavy atom. The van der Waals surface area contributed by atoms with E-state index in [0.29, 0.717) is 16.3 Å². The van der Waals surface area contributed by atoms with Crippen LogP contribution in [0.1, 0.15) is 31.1 Å². The minimum Gasteiger partial charge on any atom is -0.495 e. The van der Waals surface area contributed by atoms with Gasteiger partial charge in [-0.05, 0) is 50.6 Å². The van der Waals surface area contributed by atoms with Gasteiger partial charge in [0.15, 0.2) is 0 Å². The van der Waals surface area contributed by atoms with E-state index in [4.69, 9.17) is 33.8 Å². The topological polar surface area (TPSA) is 64.3 Å². The molecule has 0 aromatic heterocycles. The third-order valence-corrected chi connectivity index (χ3v) is 2.33. The van der Waals surface area contributed by atoms with Crippen LogP contribution in [-0.2, 0) is 0 Å². The van der Waals surface area contributed by atoms with Gasteiger partial charge in [-0.3, -0.25) is 16.1 Å². The third-order valence-electron chi connectivity index (χ3n) is 1.81. The zero-order valence-corrected chi connectivity index (χ0v) is 12.4. The lowest BCUT2D eigenvalue weighted by Gasteiger charge is -2.14. The average molecular weight is 293 g/mol. The Morgan fingerprint density at radius 3 is 2.17 bits per heavy atom. The molecule has 1 rings (SSSR count). The molecule has 0 bridgehead atoms. The summed E-state index contributed by atoms with van der Waals surface area (Å²) in [4.78, 5) is 10.7. The van der Waals surface area contributed by atoms with Gasteiger partial charge in [0.25, 0.3) is 5.24 Å². The van der Waals surface area contributed by atoms with Crippen molar-refractivity contribution in [3.63, 3.8) is 0 Å². The van der Waals surface area contributed by atoms with Crippen LogP contribution >= 0.6 is 23.2 Å². The Balaban J connectivity index is 0.000000411. The Bertz CT molecular complexity index is 404. The fraction of sp³-hybridized carbons (Fsp3) is 0.417. The Labute approximate surface area is 117 Å². The van der Waals surface area contributed by atoms with Crippen LogP contribution in [0.3, 0.4) is 0 Å². The van der Waals surface area contributed by atoms with Crippen molar-refractivity contribution in [2.24, 2.45) is 5.84 Å². The largest absolute Gasteiger partial charge is 0.495 e. The number of benzene rings is 1. The minimum atomic E-state index is -0.528. The number of ether oxygens (including phenoxy) is 1. The molecule has 3 N–H and O–H groups in total. The lowest BCUT2D eigenvalue weighted by molar-refractivity contribution is 0.108. The minimum absolute atomic E-state index is 0.0694. The van der Waals surface area contributed by atoms with E-state index in [-0.39, 0.29) is 5.54 Å². The molecule has 0 saturated carbocycles. The van der Waals surface area contributed by atoms with Gasteiger partial charge in [0.2, 0.25) is 0 Å². The summed E-state index contributed by atoms with van der Waals surface area (Å²) >= 11 is 11.0. The van der Waals surface area contributed by atoms with Crippen molar-refractivity contribution in [2.75, 3.05) is 7.11 Å². The molecule has 0 aliphatic rings. The molecule has 102 valence electrons. The number of hydrazine groups is 1. The summed E-state index contributed by atoms with van der Waals surface area (Å²) in [6.45, 7) is 6.02. The summed E-state index contributed by atoms with van der Waals surface area (Å²) in [6, 6.07) is 4.62. The van der Waals surface area contributed by atoms with E-state index in [2.05, 4.69) is 5.43 Å². The SMILES string of the molecule is CC(C)(C)NN.COc1ccc(C(=O)Cl)cc1Cl. The zero-order chi connectivity index (χ0) is 14.3. The molecule has 0 amide bonds. The number of nitrogens with two attached hydrogens (primary N) is 1. The van der Waals surface area contributed by atoms with E-state index < -0.39 is 5.24 Å². The highest BCUT2D eigenvalue weighted by Gasteiger charge is 2.05. The first-order valence-corrected chi connectivity index (χ1v) is 5.98. The molecule has 0 atom stereocenters.